The summed E-state index contributed by atoms with van der Waals surface area (Å²) >= 11 is 0. The summed E-state index contributed by atoms with van der Waals surface area (Å²) in [5.41, 5.74) is 1.56. The van der Waals surface area contributed by atoms with Gasteiger partial charge in [0.1, 0.15) is 11.5 Å². The van der Waals surface area contributed by atoms with Crippen molar-refractivity contribution in [2.45, 2.75) is 26.0 Å². The molecular formula is C18H17N5O3. The maximum Gasteiger partial charge on any atom is 0.415 e. The molecule has 8 nitrogen and oxygen atoms in total. The van der Waals surface area contributed by atoms with Crippen LogP contribution in [0.25, 0.3) is 0 Å². The Balaban J connectivity index is 1.58. The van der Waals surface area contributed by atoms with E-state index in [1.54, 1.807) is 0 Å². The van der Waals surface area contributed by atoms with E-state index in [-0.39, 0.29) is 12.0 Å². The summed E-state index contributed by atoms with van der Waals surface area (Å²) in [5, 5.41) is 14.3. The van der Waals surface area contributed by atoms with Crippen molar-refractivity contribution in [2.75, 3.05) is 5.32 Å². The molecule has 1 N–H and O–H groups in total. The van der Waals surface area contributed by atoms with Crippen molar-refractivity contribution >= 4 is 12.0 Å². The van der Waals surface area contributed by atoms with Gasteiger partial charge in [-0.2, -0.15) is 4.80 Å². The number of hydrogen-bond acceptors (Lipinski definition) is 6. The monoisotopic (exact) mass is 351 g/mol. The number of anilines is 1. The maximum atomic E-state index is 12.4. The number of hydrogen-bond donors (Lipinski definition) is 1. The molecule has 0 radical (unpaired) electrons. The molecule has 0 saturated heterocycles. The molecule has 8 heteroatoms. The Labute approximate surface area is 149 Å². The van der Waals surface area contributed by atoms with Crippen LogP contribution in [0.15, 0.2) is 48.5 Å². The molecule has 1 aliphatic heterocycles. The average molecular weight is 351 g/mol. The largest absolute Gasteiger partial charge is 0.456 e. The molecule has 1 aromatic heterocycles. The predicted molar refractivity (Wildman–Crippen MR) is 93.1 cm³/mol. The Bertz CT molecular complexity index is 908. The standard InChI is InChI=1S/C18H17N5O3/c1-11(2)23-21-17(20-22-23)19-18(24)26-16-12-7-3-5-9-14(12)25-15-10-6-4-8-13(15)16/h3-11,16H,1-2H3,(H,19,21,24). The first-order chi connectivity index (χ1) is 12.6. The molecule has 2 aromatic carbocycles. The minimum Gasteiger partial charge on any atom is -0.456 e. The Morgan fingerprint density at radius 2 is 1.73 bits per heavy atom. The number of carbonyl (C=O) groups excluding carboxylic acids is 1. The molecule has 0 bridgehead atoms. The summed E-state index contributed by atoms with van der Waals surface area (Å²) in [6.07, 6.45) is -1.25. The molecule has 2 heterocycles. The van der Waals surface area contributed by atoms with Crippen LogP contribution >= 0.6 is 0 Å². The summed E-state index contributed by atoms with van der Waals surface area (Å²) < 4.78 is 11.6. The lowest BCUT2D eigenvalue weighted by Crippen LogP contribution is -2.21. The highest BCUT2D eigenvalue weighted by Gasteiger charge is 2.30. The topological polar surface area (TPSA) is 91.2 Å². The van der Waals surface area contributed by atoms with E-state index >= 15 is 0 Å². The molecule has 1 aliphatic rings. The van der Waals surface area contributed by atoms with Crippen LogP contribution in [0.2, 0.25) is 0 Å². The first-order valence-electron chi connectivity index (χ1n) is 8.24. The van der Waals surface area contributed by atoms with Crippen LogP contribution < -0.4 is 10.1 Å². The maximum absolute atomic E-state index is 12.4. The van der Waals surface area contributed by atoms with Crippen molar-refractivity contribution in [1.82, 2.24) is 20.2 Å². The van der Waals surface area contributed by atoms with E-state index in [2.05, 4.69) is 20.7 Å². The van der Waals surface area contributed by atoms with Gasteiger partial charge in [-0.05, 0) is 31.2 Å². The van der Waals surface area contributed by atoms with Gasteiger partial charge in [-0.3, -0.25) is 5.32 Å². The van der Waals surface area contributed by atoms with Gasteiger partial charge in [-0.25, -0.2) is 4.79 Å². The number of ether oxygens (including phenoxy) is 2. The molecule has 1 amide bonds. The van der Waals surface area contributed by atoms with Gasteiger partial charge in [0.15, 0.2) is 6.10 Å². The molecule has 0 atom stereocenters. The van der Waals surface area contributed by atoms with E-state index in [4.69, 9.17) is 9.47 Å². The number of amides is 1. The zero-order valence-electron chi connectivity index (χ0n) is 14.3. The highest BCUT2D eigenvalue weighted by molar-refractivity contribution is 5.82. The van der Waals surface area contributed by atoms with E-state index in [0.717, 1.165) is 11.1 Å². The molecule has 3 aromatic rings. The second kappa shape index (κ2) is 6.47. The number of para-hydroxylation sites is 2. The SMILES string of the molecule is CC(C)n1nnc(NC(=O)OC2c3ccccc3Oc3ccccc32)n1. The first-order valence-corrected chi connectivity index (χ1v) is 8.24. The molecule has 0 saturated carbocycles. The number of carbonyl (C=O) groups is 1. The second-order valence-electron chi connectivity index (χ2n) is 6.12. The van der Waals surface area contributed by atoms with E-state index in [1.165, 1.54) is 4.80 Å². The van der Waals surface area contributed by atoms with Gasteiger partial charge in [-0.15, -0.1) is 5.10 Å². The fourth-order valence-electron chi connectivity index (χ4n) is 2.71. The number of nitrogens with zero attached hydrogens (tertiary/aromatic N) is 4. The predicted octanol–water partition coefficient (Wildman–Crippen LogP) is 3.70. The Kier molecular flexibility index (Phi) is 4.00. The molecule has 0 spiro atoms. The summed E-state index contributed by atoms with van der Waals surface area (Å²) in [6.45, 7) is 3.83. The summed E-state index contributed by atoms with van der Waals surface area (Å²) in [7, 11) is 0. The van der Waals surface area contributed by atoms with Crippen LogP contribution in [0.1, 0.15) is 37.1 Å². The summed E-state index contributed by atoms with van der Waals surface area (Å²) in [6, 6.07) is 15.0. The highest BCUT2D eigenvalue weighted by Crippen LogP contribution is 2.44. The lowest BCUT2D eigenvalue weighted by Gasteiger charge is -2.27. The van der Waals surface area contributed by atoms with E-state index < -0.39 is 12.2 Å². The zero-order chi connectivity index (χ0) is 18.1. The van der Waals surface area contributed by atoms with Crippen LogP contribution in [-0.4, -0.2) is 26.3 Å². The van der Waals surface area contributed by atoms with Crippen molar-refractivity contribution in [2.24, 2.45) is 0 Å². The molecule has 4 rings (SSSR count). The van der Waals surface area contributed by atoms with Crippen molar-refractivity contribution in [1.29, 1.82) is 0 Å². The number of benzene rings is 2. The van der Waals surface area contributed by atoms with Gasteiger partial charge in [0.2, 0.25) is 0 Å². The Morgan fingerprint density at radius 1 is 1.12 bits per heavy atom. The lowest BCUT2D eigenvalue weighted by molar-refractivity contribution is 0.125. The van der Waals surface area contributed by atoms with Crippen LogP contribution in [0.3, 0.4) is 0 Å². The number of tetrazole rings is 1. The Hall–Kier alpha value is -3.42. The lowest BCUT2D eigenvalue weighted by atomic mass is 9.97. The third-order valence-electron chi connectivity index (χ3n) is 3.95. The number of nitrogens with one attached hydrogen (secondary N) is 1. The summed E-state index contributed by atoms with van der Waals surface area (Å²) in [5.74, 6) is 1.41. The quantitative estimate of drug-likeness (QED) is 0.774. The van der Waals surface area contributed by atoms with Gasteiger partial charge < -0.3 is 9.47 Å². The number of aromatic nitrogens is 4. The first kappa shape index (κ1) is 16.1. The number of rotatable bonds is 3. The molecule has 0 fully saturated rings. The van der Waals surface area contributed by atoms with Gasteiger partial charge in [0, 0.05) is 11.1 Å². The average Bonchev–Trinajstić information content (AvgIpc) is 3.10. The molecular weight excluding hydrogens is 334 g/mol. The van der Waals surface area contributed by atoms with E-state index in [1.807, 2.05) is 62.4 Å². The second-order valence-corrected chi connectivity index (χ2v) is 6.12. The van der Waals surface area contributed by atoms with Gasteiger partial charge in [0.05, 0.1) is 6.04 Å². The highest BCUT2D eigenvalue weighted by atomic mass is 16.6. The third-order valence-corrected chi connectivity index (χ3v) is 3.95. The van der Waals surface area contributed by atoms with Gasteiger partial charge in [0.25, 0.3) is 5.95 Å². The van der Waals surface area contributed by atoms with Crippen LogP contribution in [-0.2, 0) is 4.74 Å². The van der Waals surface area contributed by atoms with Crippen LogP contribution in [0, 0.1) is 0 Å². The van der Waals surface area contributed by atoms with Gasteiger partial charge >= 0.3 is 6.09 Å². The van der Waals surface area contributed by atoms with Crippen LogP contribution in [0.5, 0.6) is 11.5 Å². The fourth-order valence-corrected chi connectivity index (χ4v) is 2.71. The van der Waals surface area contributed by atoms with Crippen molar-refractivity contribution in [3.05, 3.63) is 59.7 Å². The summed E-state index contributed by atoms with van der Waals surface area (Å²) in [4.78, 5) is 13.8. The van der Waals surface area contributed by atoms with Crippen molar-refractivity contribution in [3.63, 3.8) is 0 Å². The van der Waals surface area contributed by atoms with Crippen molar-refractivity contribution in [3.8, 4) is 11.5 Å². The van der Waals surface area contributed by atoms with Gasteiger partial charge in [-0.1, -0.05) is 41.5 Å². The molecule has 26 heavy (non-hydrogen) atoms. The normalized spacial score (nSPS) is 12.9. The number of fused-ring (bicyclic) bond motifs is 2. The molecule has 0 unspecified atom stereocenters. The Morgan fingerprint density at radius 3 is 2.31 bits per heavy atom. The minimum atomic E-state index is -0.662. The molecule has 0 aliphatic carbocycles. The van der Waals surface area contributed by atoms with Crippen LogP contribution in [0.4, 0.5) is 10.7 Å². The minimum absolute atomic E-state index is 0.0447. The molecule has 132 valence electrons. The fraction of sp³-hybridized carbons (Fsp3) is 0.222. The van der Waals surface area contributed by atoms with E-state index in [0.29, 0.717) is 11.5 Å². The van der Waals surface area contributed by atoms with Crippen molar-refractivity contribution < 1.29 is 14.3 Å². The van der Waals surface area contributed by atoms with E-state index in [9.17, 15) is 4.79 Å². The smallest absolute Gasteiger partial charge is 0.415 e. The zero-order valence-corrected chi connectivity index (χ0v) is 14.3. The third kappa shape index (κ3) is 2.97.